The Kier molecular flexibility index (Phi) is 3.25. The topological polar surface area (TPSA) is 79.5 Å². The van der Waals surface area contributed by atoms with Gasteiger partial charge in [0.15, 0.2) is 5.75 Å². The van der Waals surface area contributed by atoms with Gasteiger partial charge in [-0.2, -0.15) is 0 Å². The van der Waals surface area contributed by atoms with Gasteiger partial charge in [-0.25, -0.2) is 8.42 Å². The lowest BCUT2D eigenvalue weighted by atomic mass is 10.2. The summed E-state index contributed by atoms with van der Waals surface area (Å²) in [7, 11) is 1.41. The summed E-state index contributed by atoms with van der Waals surface area (Å²) >= 11 is 3.08. The minimum Gasteiger partial charge on any atom is -0.503 e. The minimum atomic E-state index is -3.90. The van der Waals surface area contributed by atoms with Crippen LogP contribution in [0.3, 0.4) is 0 Å². The van der Waals surface area contributed by atoms with Crippen LogP contribution >= 0.6 is 26.6 Å². The van der Waals surface area contributed by atoms with Gasteiger partial charge in [0.25, 0.3) is 9.05 Å². The lowest BCUT2D eigenvalue weighted by Crippen LogP contribution is -1.96. The summed E-state index contributed by atoms with van der Waals surface area (Å²) in [6.45, 7) is 2.14. The molecule has 0 radical (unpaired) electrons. The van der Waals surface area contributed by atoms with Crippen LogP contribution in [-0.4, -0.2) is 23.2 Å². The summed E-state index contributed by atoms with van der Waals surface area (Å²) in [4.78, 5) is -0.108. The van der Waals surface area contributed by atoms with E-state index in [0.29, 0.717) is 17.4 Å². The van der Waals surface area contributed by atoms with Crippen LogP contribution in [-0.2, 0) is 15.6 Å². The Balaban J connectivity index is 2.95. The van der Waals surface area contributed by atoms with Gasteiger partial charge in [0.2, 0.25) is 5.88 Å². The maximum Gasteiger partial charge on any atom is 0.262 e. The van der Waals surface area contributed by atoms with Crippen LogP contribution in [0.1, 0.15) is 6.92 Å². The molecule has 0 saturated carbocycles. The van der Waals surface area contributed by atoms with Gasteiger partial charge in [-0.1, -0.05) is 0 Å². The van der Waals surface area contributed by atoms with Gasteiger partial charge in [-0.3, -0.25) is 0 Å². The first-order valence-corrected chi connectivity index (χ1v) is 8.06. The molecule has 18 heavy (non-hydrogen) atoms. The number of aromatic nitrogens is 1. The van der Waals surface area contributed by atoms with E-state index in [9.17, 15) is 18.6 Å². The fourth-order valence-electron chi connectivity index (χ4n) is 1.82. The van der Waals surface area contributed by atoms with Crippen molar-refractivity contribution < 1.29 is 18.6 Å². The molecule has 0 amide bonds. The normalized spacial score (nSPS) is 12.2. The summed E-state index contributed by atoms with van der Waals surface area (Å²) in [5, 5.41) is 19.8. The minimum absolute atomic E-state index is 0.108. The molecule has 2 rings (SSSR count). The number of aromatic hydroxyl groups is 2. The highest BCUT2D eigenvalue weighted by Crippen LogP contribution is 2.41. The highest BCUT2D eigenvalue weighted by Gasteiger charge is 2.21. The molecular weight excluding hydrogens is 346 g/mol. The van der Waals surface area contributed by atoms with Gasteiger partial charge in [-0.15, -0.1) is 0 Å². The summed E-state index contributed by atoms with van der Waals surface area (Å²) in [6, 6.07) is 2.72. The van der Waals surface area contributed by atoms with Gasteiger partial charge in [-0.05, 0) is 35.0 Å². The van der Waals surface area contributed by atoms with Crippen LogP contribution in [0.5, 0.6) is 11.6 Å². The molecule has 0 aliphatic rings. The Morgan fingerprint density at radius 2 is 2.00 bits per heavy atom. The van der Waals surface area contributed by atoms with Gasteiger partial charge in [0, 0.05) is 27.1 Å². The fraction of sp³-hybridized carbons (Fsp3) is 0.200. The first-order valence-electron chi connectivity index (χ1n) is 4.95. The van der Waals surface area contributed by atoms with Crippen LogP contribution in [0.15, 0.2) is 21.5 Å². The molecule has 0 aliphatic carbocycles. The van der Waals surface area contributed by atoms with E-state index < -0.39 is 9.05 Å². The third kappa shape index (κ3) is 1.96. The first kappa shape index (κ1) is 13.5. The molecule has 0 aliphatic heterocycles. The molecule has 98 valence electrons. The zero-order chi connectivity index (χ0) is 13.7. The van der Waals surface area contributed by atoms with Crippen molar-refractivity contribution in [1.82, 2.24) is 4.57 Å². The van der Waals surface area contributed by atoms with Gasteiger partial charge >= 0.3 is 0 Å². The van der Waals surface area contributed by atoms with E-state index in [0.717, 1.165) is 0 Å². The standard InChI is InChI=1S/C10H9BrClNO4S/c1-2-13-7-4-8(18(12,16)17)6(11)3-5(7)9(14)10(13)15/h3-4,14-15H,2H2,1H3. The number of hydrogen-bond donors (Lipinski definition) is 2. The second kappa shape index (κ2) is 4.32. The molecule has 0 atom stereocenters. The molecule has 0 spiro atoms. The molecule has 5 nitrogen and oxygen atoms in total. The molecule has 8 heteroatoms. The van der Waals surface area contributed by atoms with E-state index in [4.69, 9.17) is 10.7 Å². The number of halogens is 2. The molecule has 2 N–H and O–H groups in total. The van der Waals surface area contributed by atoms with Crippen molar-refractivity contribution in [2.75, 3.05) is 0 Å². The number of rotatable bonds is 2. The number of fused-ring (bicyclic) bond motifs is 1. The van der Waals surface area contributed by atoms with Crippen molar-refractivity contribution in [1.29, 1.82) is 0 Å². The zero-order valence-corrected chi connectivity index (χ0v) is 12.3. The fourth-order valence-corrected chi connectivity index (χ4v) is 4.01. The molecular formula is C10H9BrClNO4S. The quantitative estimate of drug-likeness (QED) is 0.813. The van der Waals surface area contributed by atoms with E-state index >= 15 is 0 Å². The number of aryl methyl sites for hydroxylation is 1. The molecule has 0 bridgehead atoms. The van der Waals surface area contributed by atoms with E-state index in [2.05, 4.69) is 15.9 Å². The van der Waals surface area contributed by atoms with Crippen molar-refractivity contribution in [2.45, 2.75) is 18.4 Å². The Hall–Kier alpha value is -0.920. The van der Waals surface area contributed by atoms with E-state index in [1.54, 1.807) is 6.92 Å². The summed E-state index contributed by atoms with van der Waals surface area (Å²) < 4.78 is 24.4. The van der Waals surface area contributed by atoms with Crippen molar-refractivity contribution in [3.8, 4) is 11.6 Å². The van der Waals surface area contributed by atoms with Crippen LogP contribution in [0.25, 0.3) is 10.9 Å². The SMILES string of the molecule is CCn1c(O)c(O)c2cc(Br)c(S(=O)(=O)Cl)cc21. The first-order chi connectivity index (χ1) is 8.27. The molecule has 1 aromatic carbocycles. The van der Waals surface area contributed by atoms with Crippen molar-refractivity contribution >= 4 is 46.6 Å². The predicted octanol–water partition coefficient (Wildman–Crippen LogP) is 2.76. The summed E-state index contributed by atoms with van der Waals surface area (Å²) in [5.41, 5.74) is 0.398. The van der Waals surface area contributed by atoms with Crippen LogP contribution in [0, 0.1) is 0 Å². The monoisotopic (exact) mass is 353 g/mol. The molecule has 1 aromatic heterocycles. The van der Waals surface area contributed by atoms with Gasteiger partial charge in [0.05, 0.1) is 10.4 Å². The maximum absolute atomic E-state index is 11.4. The Bertz CT molecular complexity index is 738. The van der Waals surface area contributed by atoms with Gasteiger partial charge in [0.1, 0.15) is 0 Å². The average molecular weight is 355 g/mol. The Morgan fingerprint density at radius 1 is 1.39 bits per heavy atom. The number of hydrogen-bond acceptors (Lipinski definition) is 4. The van der Waals surface area contributed by atoms with Crippen LogP contribution in [0.4, 0.5) is 0 Å². The van der Waals surface area contributed by atoms with Crippen molar-refractivity contribution in [2.24, 2.45) is 0 Å². The molecule has 0 saturated heterocycles. The summed E-state index contributed by atoms with van der Waals surface area (Å²) in [6.07, 6.45) is 0. The van der Waals surface area contributed by atoms with Crippen LogP contribution in [0.2, 0.25) is 0 Å². The van der Waals surface area contributed by atoms with E-state index in [1.807, 2.05) is 0 Å². The second-order valence-electron chi connectivity index (χ2n) is 3.65. The van der Waals surface area contributed by atoms with E-state index in [-0.39, 0.29) is 21.0 Å². The predicted molar refractivity (Wildman–Crippen MR) is 71.7 cm³/mol. The zero-order valence-electron chi connectivity index (χ0n) is 9.18. The lowest BCUT2D eigenvalue weighted by Gasteiger charge is -2.04. The molecule has 2 aromatic rings. The lowest BCUT2D eigenvalue weighted by molar-refractivity contribution is 0.377. The largest absolute Gasteiger partial charge is 0.503 e. The maximum atomic E-state index is 11.4. The highest BCUT2D eigenvalue weighted by atomic mass is 79.9. The smallest absolute Gasteiger partial charge is 0.262 e. The van der Waals surface area contributed by atoms with E-state index in [1.165, 1.54) is 16.7 Å². The third-order valence-electron chi connectivity index (χ3n) is 2.64. The summed E-state index contributed by atoms with van der Waals surface area (Å²) in [5.74, 6) is -0.588. The van der Waals surface area contributed by atoms with Crippen molar-refractivity contribution in [3.63, 3.8) is 0 Å². The second-order valence-corrected chi connectivity index (χ2v) is 7.04. The molecule has 1 heterocycles. The number of nitrogens with zero attached hydrogens (tertiary/aromatic N) is 1. The number of benzene rings is 1. The van der Waals surface area contributed by atoms with Gasteiger partial charge < -0.3 is 14.8 Å². The Labute approximate surface area is 116 Å². The average Bonchev–Trinajstić information content (AvgIpc) is 2.50. The van der Waals surface area contributed by atoms with Crippen LogP contribution < -0.4 is 0 Å². The molecule has 0 unspecified atom stereocenters. The highest BCUT2D eigenvalue weighted by molar-refractivity contribution is 9.10. The third-order valence-corrected chi connectivity index (χ3v) is 4.92. The van der Waals surface area contributed by atoms with Crippen molar-refractivity contribution in [3.05, 3.63) is 16.6 Å². The Morgan fingerprint density at radius 3 is 2.50 bits per heavy atom. The molecule has 0 fully saturated rings.